The molecule has 0 aliphatic heterocycles. The quantitative estimate of drug-likeness (QED) is 0.223. The maximum absolute atomic E-state index is 5.87. The summed E-state index contributed by atoms with van der Waals surface area (Å²) in [6.07, 6.45) is 2.07. The number of rotatable bonds is 11. The highest BCUT2D eigenvalue weighted by Gasteiger charge is 2.05. The number of ether oxygens (including phenoxy) is 2. The zero-order chi connectivity index (χ0) is 17.6. The molecule has 0 atom stereocenters. The summed E-state index contributed by atoms with van der Waals surface area (Å²) in [6.45, 7) is 8.68. The first-order valence-electron chi connectivity index (χ1n) is 8.63. The number of nitrogens with zero attached hydrogens (tertiary/aromatic N) is 2. The van der Waals surface area contributed by atoms with Crippen LogP contribution in [0, 0.1) is 0 Å². The van der Waals surface area contributed by atoms with Gasteiger partial charge < -0.3 is 19.7 Å². The van der Waals surface area contributed by atoms with Crippen molar-refractivity contribution in [2.24, 2.45) is 4.99 Å². The summed E-state index contributed by atoms with van der Waals surface area (Å²) in [5.74, 6) is 1.74. The summed E-state index contributed by atoms with van der Waals surface area (Å²) >= 11 is 5.87. The minimum Gasteiger partial charge on any atom is -0.492 e. The summed E-state index contributed by atoms with van der Waals surface area (Å²) in [4.78, 5) is 6.74. The number of nitrogens with one attached hydrogen (secondary N) is 1. The number of likely N-dealkylation sites (N-methyl/N-ethyl adjacent to an activating group) is 1. The van der Waals surface area contributed by atoms with Crippen molar-refractivity contribution in [2.75, 3.05) is 46.5 Å². The topological polar surface area (TPSA) is 46.1 Å². The molecular weight excluding hydrogens is 453 g/mol. The molecule has 1 aromatic carbocycles. The molecule has 144 valence electrons. The van der Waals surface area contributed by atoms with Crippen LogP contribution in [0.5, 0.6) is 5.75 Å². The molecule has 0 aliphatic carbocycles. The van der Waals surface area contributed by atoms with Crippen LogP contribution in [0.25, 0.3) is 0 Å². The summed E-state index contributed by atoms with van der Waals surface area (Å²) in [7, 11) is 2.02. The van der Waals surface area contributed by atoms with Crippen molar-refractivity contribution in [3.8, 4) is 5.75 Å². The molecular formula is C18H31ClIN3O2. The van der Waals surface area contributed by atoms with E-state index in [2.05, 4.69) is 22.1 Å². The molecule has 1 aromatic rings. The fourth-order valence-electron chi connectivity index (χ4n) is 2.05. The van der Waals surface area contributed by atoms with Gasteiger partial charge in [-0.05, 0) is 51.0 Å². The van der Waals surface area contributed by atoms with E-state index < -0.39 is 0 Å². The van der Waals surface area contributed by atoms with E-state index in [-0.39, 0.29) is 24.0 Å². The highest BCUT2D eigenvalue weighted by molar-refractivity contribution is 14.0. The molecule has 0 spiro atoms. The molecule has 0 bridgehead atoms. The molecule has 1 rings (SSSR count). The van der Waals surface area contributed by atoms with E-state index in [1.165, 1.54) is 0 Å². The Labute approximate surface area is 174 Å². The van der Waals surface area contributed by atoms with Crippen LogP contribution in [0.15, 0.2) is 29.3 Å². The second-order valence-corrected chi connectivity index (χ2v) is 5.80. The SMILES string of the molecule is CCNC(=NCCCCOCC)N(C)CCOc1ccc(Cl)cc1.I. The molecule has 5 nitrogen and oxygen atoms in total. The van der Waals surface area contributed by atoms with Crippen molar-refractivity contribution >= 4 is 41.5 Å². The van der Waals surface area contributed by atoms with Crippen molar-refractivity contribution in [2.45, 2.75) is 26.7 Å². The van der Waals surface area contributed by atoms with Gasteiger partial charge in [0.1, 0.15) is 12.4 Å². The van der Waals surface area contributed by atoms with Crippen LogP contribution in [0.2, 0.25) is 5.02 Å². The second kappa shape index (κ2) is 15.5. The van der Waals surface area contributed by atoms with Crippen molar-refractivity contribution in [1.82, 2.24) is 10.2 Å². The number of halogens is 2. The number of guanidine groups is 1. The predicted molar refractivity (Wildman–Crippen MR) is 117 cm³/mol. The number of aliphatic imine (C=N–C) groups is 1. The van der Waals surface area contributed by atoms with E-state index in [4.69, 9.17) is 21.1 Å². The average Bonchev–Trinajstić information content (AvgIpc) is 2.58. The summed E-state index contributed by atoms with van der Waals surface area (Å²) < 4.78 is 11.1. The molecule has 0 aliphatic rings. The Morgan fingerprint density at radius 1 is 1.16 bits per heavy atom. The molecule has 0 saturated carbocycles. The highest BCUT2D eigenvalue weighted by atomic mass is 127. The third-order valence-corrected chi connectivity index (χ3v) is 3.62. The minimum atomic E-state index is 0. The standard InChI is InChI=1S/C18H30ClN3O2.HI/c1-4-20-18(21-12-6-7-14-23-5-2)22(3)13-15-24-17-10-8-16(19)9-11-17;/h8-11H,4-7,12-15H2,1-3H3,(H,20,21);1H. The third kappa shape index (κ3) is 11.5. The fraction of sp³-hybridized carbons (Fsp3) is 0.611. The number of benzene rings is 1. The lowest BCUT2D eigenvalue weighted by molar-refractivity contribution is 0.144. The maximum Gasteiger partial charge on any atom is 0.193 e. The second-order valence-electron chi connectivity index (χ2n) is 5.36. The normalized spacial score (nSPS) is 11.0. The monoisotopic (exact) mass is 483 g/mol. The maximum atomic E-state index is 5.87. The molecule has 0 saturated heterocycles. The molecule has 0 heterocycles. The van der Waals surface area contributed by atoms with Gasteiger partial charge in [-0.1, -0.05) is 11.6 Å². The first-order chi connectivity index (χ1) is 11.7. The molecule has 0 amide bonds. The van der Waals surface area contributed by atoms with Gasteiger partial charge in [0, 0.05) is 38.4 Å². The Kier molecular flexibility index (Phi) is 15.1. The van der Waals surface area contributed by atoms with Crippen LogP contribution >= 0.6 is 35.6 Å². The Hall–Kier alpha value is -0.730. The van der Waals surface area contributed by atoms with E-state index in [0.717, 1.165) is 57.4 Å². The van der Waals surface area contributed by atoms with Gasteiger partial charge in [0.05, 0.1) is 6.54 Å². The van der Waals surface area contributed by atoms with Crippen molar-refractivity contribution in [3.05, 3.63) is 29.3 Å². The predicted octanol–water partition coefficient (Wildman–Crippen LogP) is 4.05. The molecule has 1 N–H and O–H groups in total. The van der Waals surface area contributed by atoms with Gasteiger partial charge >= 0.3 is 0 Å². The van der Waals surface area contributed by atoms with Crippen LogP contribution < -0.4 is 10.1 Å². The molecule has 0 aromatic heterocycles. The van der Waals surface area contributed by atoms with Gasteiger partial charge in [-0.2, -0.15) is 0 Å². The summed E-state index contributed by atoms with van der Waals surface area (Å²) in [5.41, 5.74) is 0. The largest absolute Gasteiger partial charge is 0.492 e. The Morgan fingerprint density at radius 3 is 2.52 bits per heavy atom. The lowest BCUT2D eigenvalue weighted by atomic mass is 10.3. The molecule has 25 heavy (non-hydrogen) atoms. The van der Waals surface area contributed by atoms with Crippen LogP contribution in [-0.2, 0) is 4.74 Å². The number of hydrogen-bond donors (Lipinski definition) is 1. The summed E-state index contributed by atoms with van der Waals surface area (Å²) in [6, 6.07) is 7.41. The lowest BCUT2D eigenvalue weighted by Gasteiger charge is -2.22. The van der Waals surface area contributed by atoms with Gasteiger partial charge in [-0.15, -0.1) is 24.0 Å². The lowest BCUT2D eigenvalue weighted by Crippen LogP contribution is -2.41. The minimum absolute atomic E-state index is 0. The molecule has 0 unspecified atom stereocenters. The molecule has 0 radical (unpaired) electrons. The van der Waals surface area contributed by atoms with E-state index in [9.17, 15) is 0 Å². The van der Waals surface area contributed by atoms with E-state index in [1.54, 1.807) is 0 Å². The van der Waals surface area contributed by atoms with Gasteiger partial charge in [0.2, 0.25) is 0 Å². The molecule has 7 heteroatoms. The number of hydrogen-bond acceptors (Lipinski definition) is 3. The van der Waals surface area contributed by atoms with Gasteiger partial charge in [0.25, 0.3) is 0 Å². The first kappa shape index (κ1) is 24.3. The fourth-order valence-corrected chi connectivity index (χ4v) is 2.18. The van der Waals surface area contributed by atoms with Crippen molar-refractivity contribution in [3.63, 3.8) is 0 Å². The summed E-state index contributed by atoms with van der Waals surface area (Å²) in [5, 5.41) is 4.03. The third-order valence-electron chi connectivity index (χ3n) is 3.37. The smallest absolute Gasteiger partial charge is 0.193 e. The van der Waals surface area contributed by atoms with Crippen molar-refractivity contribution < 1.29 is 9.47 Å². The number of unbranched alkanes of at least 4 members (excludes halogenated alkanes) is 1. The van der Waals surface area contributed by atoms with E-state index in [1.807, 2.05) is 38.2 Å². The Balaban J connectivity index is 0.00000576. The van der Waals surface area contributed by atoms with Gasteiger partial charge in [-0.3, -0.25) is 4.99 Å². The first-order valence-corrected chi connectivity index (χ1v) is 9.00. The van der Waals surface area contributed by atoms with Crippen LogP contribution in [-0.4, -0.2) is 57.4 Å². The van der Waals surface area contributed by atoms with Crippen LogP contribution in [0.4, 0.5) is 0 Å². The zero-order valence-corrected chi connectivity index (χ0v) is 18.5. The van der Waals surface area contributed by atoms with Crippen LogP contribution in [0.3, 0.4) is 0 Å². The van der Waals surface area contributed by atoms with Crippen molar-refractivity contribution in [1.29, 1.82) is 0 Å². The van der Waals surface area contributed by atoms with Gasteiger partial charge in [0.15, 0.2) is 5.96 Å². The zero-order valence-electron chi connectivity index (χ0n) is 15.5. The Bertz CT molecular complexity index is 472. The van der Waals surface area contributed by atoms with Gasteiger partial charge in [-0.25, -0.2) is 0 Å². The average molecular weight is 484 g/mol. The van der Waals surface area contributed by atoms with Crippen LogP contribution in [0.1, 0.15) is 26.7 Å². The van der Waals surface area contributed by atoms with E-state index in [0.29, 0.717) is 11.6 Å². The highest BCUT2D eigenvalue weighted by Crippen LogP contribution is 2.15. The Morgan fingerprint density at radius 2 is 1.88 bits per heavy atom. The van der Waals surface area contributed by atoms with E-state index >= 15 is 0 Å². The molecule has 0 fully saturated rings.